The van der Waals surface area contributed by atoms with Crippen LogP contribution in [-0.4, -0.2) is 34.0 Å². The zero-order valence-electron chi connectivity index (χ0n) is 20.7. The van der Waals surface area contributed by atoms with Crippen molar-refractivity contribution >= 4 is 63.0 Å². The number of amides is 1. The molecule has 1 aliphatic rings. The van der Waals surface area contributed by atoms with Gasteiger partial charge in [-0.25, -0.2) is 4.98 Å². The molecule has 0 saturated carbocycles. The van der Waals surface area contributed by atoms with E-state index in [0.717, 1.165) is 42.6 Å². The molecule has 1 saturated heterocycles. The maximum Gasteiger partial charge on any atom is 0.293 e. The van der Waals surface area contributed by atoms with Crippen LogP contribution in [0.4, 0.5) is 17.1 Å². The SMILES string of the molecule is Cc1cc(C)c2oc(-c3cc(NC(=S)NC(=O)c4ccc(N5CCCC5)c([N+](=O)[O-])c4)ccc3Cl)nc2c1. The van der Waals surface area contributed by atoms with Gasteiger partial charge in [0, 0.05) is 30.4 Å². The van der Waals surface area contributed by atoms with E-state index in [9.17, 15) is 14.9 Å². The number of aromatic nitrogens is 1. The fourth-order valence-electron chi connectivity index (χ4n) is 4.63. The van der Waals surface area contributed by atoms with Crippen LogP contribution >= 0.6 is 23.8 Å². The highest BCUT2D eigenvalue weighted by Crippen LogP contribution is 2.34. The Morgan fingerprint density at radius 1 is 1.13 bits per heavy atom. The predicted molar refractivity (Wildman–Crippen MR) is 152 cm³/mol. The zero-order chi connectivity index (χ0) is 27.0. The van der Waals surface area contributed by atoms with Gasteiger partial charge in [-0.15, -0.1) is 0 Å². The van der Waals surface area contributed by atoms with Crippen LogP contribution in [-0.2, 0) is 0 Å². The Hall–Kier alpha value is -4.02. The van der Waals surface area contributed by atoms with Crippen LogP contribution in [0.25, 0.3) is 22.6 Å². The van der Waals surface area contributed by atoms with Crippen LogP contribution in [0, 0.1) is 24.0 Å². The lowest BCUT2D eigenvalue weighted by molar-refractivity contribution is -0.384. The number of anilines is 2. The number of benzene rings is 3. The van der Waals surface area contributed by atoms with Gasteiger partial charge in [-0.1, -0.05) is 17.7 Å². The molecule has 1 aromatic heterocycles. The lowest BCUT2D eigenvalue weighted by Crippen LogP contribution is -2.34. The Morgan fingerprint density at radius 3 is 2.63 bits per heavy atom. The number of nitro benzene ring substituents is 1. The van der Waals surface area contributed by atoms with Crippen molar-refractivity contribution in [2.45, 2.75) is 26.7 Å². The molecule has 2 heterocycles. The summed E-state index contributed by atoms with van der Waals surface area (Å²) < 4.78 is 6.00. The first-order chi connectivity index (χ1) is 18.2. The fourth-order valence-corrected chi connectivity index (χ4v) is 5.04. The van der Waals surface area contributed by atoms with Crippen molar-refractivity contribution in [3.05, 3.63) is 80.4 Å². The Kier molecular flexibility index (Phi) is 7.00. The number of thiocarbonyl (C=S) groups is 1. The van der Waals surface area contributed by atoms with E-state index < -0.39 is 10.8 Å². The minimum atomic E-state index is -0.558. The minimum Gasteiger partial charge on any atom is -0.436 e. The van der Waals surface area contributed by atoms with Crippen LogP contribution < -0.4 is 15.5 Å². The van der Waals surface area contributed by atoms with E-state index in [0.29, 0.717) is 33.4 Å². The van der Waals surface area contributed by atoms with Crippen molar-refractivity contribution in [2.24, 2.45) is 0 Å². The van der Waals surface area contributed by atoms with Gasteiger partial charge in [0.15, 0.2) is 10.7 Å². The lowest BCUT2D eigenvalue weighted by Gasteiger charge is -2.18. The number of nitrogens with zero attached hydrogens (tertiary/aromatic N) is 3. The number of fused-ring (bicyclic) bond motifs is 1. The van der Waals surface area contributed by atoms with Gasteiger partial charge in [-0.2, -0.15) is 0 Å². The van der Waals surface area contributed by atoms with Crippen LogP contribution in [0.1, 0.15) is 34.3 Å². The van der Waals surface area contributed by atoms with Crippen molar-refractivity contribution in [3.8, 4) is 11.5 Å². The quantitative estimate of drug-likeness (QED) is 0.167. The summed E-state index contributed by atoms with van der Waals surface area (Å²) in [5, 5.41) is 17.7. The standard InChI is InChI=1S/C27H24ClN5O4S/c1-15-11-16(2)24-21(12-15)30-26(37-24)19-14-18(6-7-20(19)28)29-27(38)31-25(34)17-5-8-22(23(13-17)33(35)36)32-9-3-4-10-32/h5-8,11-14H,3-4,9-10H2,1-2H3,(H2,29,31,34,38). The molecular weight excluding hydrogens is 526 g/mol. The molecule has 0 spiro atoms. The highest BCUT2D eigenvalue weighted by molar-refractivity contribution is 7.80. The maximum atomic E-state index is 12.8. The van der Waals surface area contributed by atoms with E-state index in [1.54, 1.807) is 30.3 Å². The second-order valence-electron chi connectivity index (χ2n) is 9.21. The summed E-state index contributed by atoms with van der Waals surface area (Å²) in [7, 11) is 0. The molecule has 1 aliphatic heterocycles. The van der Waals surface area contributed by atoms with Gasteiger partial charge in [0.25, 0.3) is 11.6 Å². The molecular formula is C27H24ClN5O4S. The number of halogens is 1. The van der Waals surface area contributed by atoms with Gasteiger partial charge < -0.3 is 14.6 Å². The van der Waals surface area contributed by atoms with Crippen LogP contribution in [0.5, 0.6) is 0 Å². The molecule has 1 fully saturated rings. The number of nitro groups is 1. The van der Waals surface area contributed by atoms with E-state index in [4.69, 9.17) is 28.2 Å². The minimum absolute atomic E-state index is 0.0265. The van der Waals surface area contributed by atoms with Crippen molar-refractivity contribution in [3.63, 3.8) is 0 Å². The molecule has 38 heavy (non-hydrogen) atoms. The average Bonchev–Trinajstić information content (AvgIpc) is 3.55. The molecule has 0 bridgehead atoms. The van der Waals surface area contributed by atoms with E-state index in [2.05, 4.69) is 15.6 Å². The first kappa shape index (κ1) is 25.6. The predicted octanol–water partition coefficient (Wildman–Crippen LogP) is 6.40. The van der Waals surface area contributed by atoms with Crippen molar-refractivity contribution in [1.82, 2.24) is 10.3 Å². The first-order valence-corrected chi connectivity index (χ1v) is 12.8. The molecule has 0 atom stereocenters. The van der Waals surface area contributed by atoms with Crippen LogP contribution in [0.3, 0.4) is 0 Å². The highest BCUT2D eigenvalue weighted by atomic mass is 35.5. The van der Waals surface area contributed by atoms with Crippen molar-refractivity contribution < 1.29 is 14.1 Å². The third-order valence-electron chi connectivity index (χ3n) is 6.38. The summed E-state index contributed by atoms with van der Waals surface area (Å²) in [5.41, 5.74) is 5.14. The number of nitrogens with one attached hydrogen (secondary N) is 2. The van der Waals surface area contributed by atoms with Gasteiger partial charge in [0.05, 0.1) is 15.5 Å². The van der Waals surface area contributed by atoms with Crippen LogP contribution in [0.15, 0.2) is 52.9 Å². The molecule has 194 valence electrons. The first-order valence-electron chi connectivity index (χ1n) is 12.0. The Balaban J connectivity index is 1.33. The monoisotopic (exact) mass is 549 g/mol. The number of carbonyl (C=O) groups is 1. The number of aryl methyl sites for hydroxylation is 2. The number of carbonyl (C=O) groups excluding carboxylic acids is 1. The summed E-state index contributed by atoms with van der Waals surface area (Å²) in [5.74, 6) is -0.194. The molecule has 0 aliphatic carbocycles. The van der Waals surface area contributed by atoms with Crippen LogP contribution in [0.2, 0.25) is 5.02 Å². The number of hydrogen-bond donors (Lipinski definition) is 2. The summed E-state index contributed by atoms with van der Waals surface area (Å²) in [6.45, 7) is 5.46. The van der Waals surface area contributed by atoms with Gasteiger partial charge in [0.2, 0.25) is 5.89 Å². The molecule has 0 radical (unpaired) electrons. The highest BCUT2D eigenvalue weighted by Gasteiger charge is 2.24. The molecule has 11 heteroatoms. The largest absolute Gasteiger partial charge is 0.436 e. The van der Waals surface area contributed by atoms with Gasteiger partial charge >= 0.3 is 0 Å². The van der Waals surface area contributed by atoms with Gasteiger partial charge in [0.1, 0.15) is 11.2 Å². The Morgan fingerprint density at radius 2 is 1.89 bits per heavy atom. The third kappa shape index (κ3) is 5.18. The fraction of sp³-hybridized carbons (Fsp3) is 0.222. The van der Waals surface area contributed by atoms with Crippen molar-refractivity contribution in [2.75, 3.05) is 23.3 Å². The summed E-state index contributed by atoms with van der Waals surface area (Å²) in [6.07, 6.45) is 1.97. The summed E-state index contributed by atoms with van der Waals surface area (Å²) >= 11 is 11.8. The molecule has 5 rings (SSSR count). The molecule has 0 unspecified atom stereocenters. The van der Waals surface area contributed by atoms with E-state index >= 15 is 0 Å². The molecule has 4 aromatic rings. The van der Waals surface area contributed by atoms with Gasteiger partial charge in [-0.3, -0.25) is 20.2 Å². The van der Waals surface area contributed by atoms with Crippen molar-refractivity contribution in [1.29, 1.82) is 0 Å². The zero-order valence-corrected chi connectivity index (χ0v) is 22.3. The number of oxazole rings is 1. The smallest absolute Gasteiger partial charge is 0.293 e. The Bertz CT molecular complexity index is 1600. The molecule has 2 N–H and O–H groups in total. The number of rotatable bonds is 5. The second kappa shape index (κ2) is 10.4. The number of hydrogen-bond acceptors (Lipinski definition) is 7. The lowest BCUT2D eigenvalue weighted by atomic mass is 10.1. The average molecular weight is 550 g/mol. The van der Waals surface area contributed by atoms with E-state index in [1.165, 1.54) is 6.07 Å². The summed E-state index contributed by atoms with van der Waals surface area (Å²) in [6, 6.07) is 13.5. The van der Waals surface area contributed by atoms with E-state index in [-0.39, 0.29) is 16.4 Å². The third-order valence-corrected chi connectivity index (χ3v) is 6.92. The van der Waals surface area contributed by atoms with E-state index in [1.807, 2.05) is 30.9 Å². The second-order valence-corrected chi connectivity index (χ2v) is 10.0. The van der Waals surface area contributed by atoms with Gasteiger partial charge in [-0.05, 0) is 86.4 Å². The topological polar surface area (TPSA) is 114 Å². The summed E-state index contributed by atoms with van der Waals surface area (Å²) in [4.78, 5) is 30.6. The Labute approximate surface area is 228 Å². The normalized spacial score (nSPS) is 13.1. The molecule has 3 aromatic carbocycles. The maximum absolute atomic E-state index is 12.8. The molecule has 1 amide bonds. The molecule has 9 nitrogen and oxygen atoms in total.